The predicted octanol–water partition coefficient (Wildman–Crippen LogP) is 4.58. The molecule has 144 valence electrons. The van der Waals surface area contributed by atoms with Gasteiger partial charge in [0, 0.05) is 29.6 Å². The van der Waals surface area contributed by atoms with Crippen molar-refractivity contribution in [1.29, 1.82) is 0 Å². The van der Waals surface area contributed by atoms with Crippen LogP contribution in [-0.4, -0.2) is 16.7 Å². The molecule has 3 rings (SSSR count). The molecule has 0 fully saturated rings. The van der Waals surface area contributed by atoms with Gasteiger partial charge in [-0.3, -0.25) is 19.7 Å². The fraction of sp³-hybridized carbons (Fsp3) is 0.200. The normalized spacial score (nSPS) is 10.8. The maximum atomic E-state index is 12.7. The van der Waals surface area contributed by atoms with Gasteiger partial charge < -0.3 is 15.1 Å². The largest absolute Gasteiger partial charge is 0.449 e. The Morgan fingerprint density at radius 3 is 2.39 bits per heavy atom. The maximum absolute atomic E-state index is 12.7. The first-order valence-corrected chi connectivity index (χ1v) is 8.72. The average molecular weight is 381 g/mol. The summed E-state index contributed by atoms with van der Waals surface area (Å²) in [7, 11) is 0. The van der Waals surface area contributed by atoms with E-state index in [4.69, 9.17) is 4.42 Å². The van der Waals surface area contributed by atoms with E-state index >= 15 is 0 Å². The van der Waals surface area contributed by atoms with E-state index in [0.29, 0.717) is 28.8 Å². The third-order valence-corrected chi connectivity index (χ3v) is 4.00. The number of hydrogen-bond acceptors (Lipinski definition) is 5. The second-order valence-corrected chi connectivity index (χ2v) is 6.71. The van der Waals surface area contributed by atoms with E-state index in [9.17, 15) is 19.7 Å². The lowest BCUT2D eigenvalue weighted by molar-refractivity contribution is -0.384. The number of amides is 2. The number of nitro groups is 1. The summed E-state index contributed by atoms with van der Waals surface area (Å²) in [6.07, 6.45) is 0.308. The molecular weight excluding hydrogens is 362 g/mol. The smallest absolute Gasteiger partial charge is 0.293 e. The van der Waals surface area contributed by atoms with Gasteiger partial charge in [0.1, 0.15) is 11.3 Å². The van der Waals surface area contributed by atoms with Gasteiger partial charge in [-0.25, -0.2) is 0 Å². The van der Waals surface area contributed by atoms with Gasteiger partial charge >= 0.3 is 0 Å². The molecule has 0 saturated heterocycles. The lowest BCUT2D eigenvalue weighted by Crippen LogP contribution is -2.18. The van der Waals surface area contributed by atoms with Gasteiger partial charge in [-0.05, 0) is 30.2 Å². The number of fused-ring (bicyclic) bond motifs is 1. The number of non-ortho nitro benzene ring substituents is 1. The summed E-state index contributed by atoms with van der Waals surface area (Å²) in [5.74, 6) is -0.650. The lowest BCUT2D eigenvalue weighted by Gasteiger charge is -2.08. The molecular formula is C20H19N3O5. The van der Waals surface area contributed by atoms with Crippen LogP contribution in [0.2, 0.25) is 0 Å². The fourth-order valence-electron chi connectivity index (χ4n) is 2.75. The molecule has 2 amide bonds. The highest BCUT2D eigenvalue weighted by atomic mass is 16.6. The van der Waals surface area contributed by atoms with E-state index in [1.54, 1.807) is 24.3 Å². The van der Waals surface area contributed by atoms with Crippen molar-refractivity contribution in [2.45, 2.75) is 20.3 Å². The van der Waals surface area contributed by atoms with Gasteiger partial charge in [0.2, 0.25) is 11.7 Å². The molecule has 2 N–H and O–H groups in total. The third kappa shape index (κ3) is 4.17. The van der Waals surface area contributed by atoms with Crippen molar-refractivity contribution < 1.29 is 18.9 Å². The maximum Gasteiger partial charge on any atom is 0.293 e. The zero-order chi connectivity index (χ0) is 20.3. The number of para-hydroxylation sites is 1. The molecule has 0 bridgehead atoms. The molecule has 0 aliphatic rings. The van der Waals surface area contributed by atoms with Crippen molar-refractivity contribution in [2.75, 3.05) is 10.6 Å². The SMILES string of the molecule is CC(C)CC(=O)Nc1c(C(=O)Nc2ccc([N+](=O)[O-])cc2)oc2ccccc12. The van der Waals surface area contributed by atoms with Crippen LogP contribution in [0.3, 0.4) is 0 Å². The Labute approximate surface area is 160 Å². The number of rotatable bonds is 6. The summed E-state index contributed by atoms with van der Waals surface area (Å²) in [4.78, 5) is 35.2. The summed E-state index contributed by atoms with van der Waals surface area (Å²) in [6, 6.07) is 12.4. The number of hydrogen-bond donors (Lipinski definition) is 2. The van der Waals surface area contributed by atoms with E-state index in [-0.39, 0.29) is 23.3 Å². The van der Waals surface area contributed by atoms with Gasteiger partial charge in [-0.2, -0.15) is 0 Å². The number of furan rings is 1. The molecule has 2 aromatic carbocycles. The van der Waals surface area contributed by atoms with E-state index in [1.807, 2.05) is 13.8 Å². The number of nitrogens with zero attached hydrogens (tertiary/aromatic N) is 1. The molecule has 0 aliphatic heterocycles. The Morgan fingerprint density at radius 2 is 1.75 bits per heavy atom. The zero-order valence-corrected chi connectivity index (χ0v) is 15.4. The molecule has 0 atom stereocenters. The van der Waals surface area contributed by atoms with Crippen molar-refractivity contribution in [3.05, 3.63) is 64.4 Å². The molecule has 0 radical (unpaired) electrons. The molecule has 28 heavy (non-hydrogen) atoms. The summed E-state index contributed by atoms with van der Waals surface area (Å²) >= 11 is 0. The summed E-state index contributed by atoms with van der Waals surface area (Å²) in [5.41, 5.74) is 1.07. The molecule has 0 aliphatic carbocycles. The van der Waals surface area contributed by atoms with Crippen LogP contribution in [0.5, 0.6) is 0 Å². The minimum absolute atomic E-state index is 0.0309. The highest BCUT2D eigenvalue weighted by Gasteiger charge is 2.22. The van der Waals surface area contributed by atoms with Crippen LogP contribution < -0.4 is 10.6 Å². The van der Waals surface area contributed by atoms with Gasteiger partial charge in [0.05, 0.1) is 4.92 Å². The van der Waals surface area contributed by atoms with Crippen LogP contribution in [0.4, 0.5) is 17.1 Å². The van der Waals surface area contributed by atoms with Crippen LogP contribution in [0.15, 0.2) is 52.9 Å². The second kappa shape index (κ2) is 7.91. The number of carbonyl (C=O) groups excluding carboxylic acids is 2. The zero-order valence-electron chi connectivity index (χ0n) is 15.4. The first-order chi connectivity index (χ1) is 13.3. The third-order valence-electron chi connectivity index (χ3n) is 4.00. The number of carbonyl (C=O) groups is 2. The fourth-order valence-corrected chi connectivity index (χ4v) is 2.75. The Balaban J connectivity index is 1.90. The van der Waals surface area contributed by atoms with E-state index in [0.717, 1.165) is 0 Å². The van der Waals surface area contributed by atoms with Gasteiger partial charge in [0.15, 0.2) is 0 Å². The molecule has 3 aromatic rings. The lowest BCUT2D eigenvalue weighted by atomic mass is 10.1. The summed E-state index contributed by atoms with van der Waals surface area (Å²) < 4.78 is 5.67. The minimum Gasteiger partial charge on any atom is -0.449 e. The highest BCUT2D eigenvalue weighted by molar-refractivity contribution is 6.14. The van der Waals surface area contributed by atoms with Crippen LogP contribution in [0, 0.1) is 16.0 Å². The number of anilines is 2. The van der Waals surface area contributed by atoms with Crippen molar-refractivity contribution in [1.82, 2.24) is 0 Å². The van der Waals surface area contributed by atoms with Crippen LogP contribution in [-0.2, 0) is 4.79 Å². The van der Waals surface area contributed by atoms with Crippen molar-refractivity contribution in [3.8, 4) is 0 Å². The first-order valence-electron chi connectivity index (χ1n) is 8.72. The van der Waals surface area contributed by atoms with Crippen LogP contribution >= 0.6 is 0 Å². The number of nitro benzene ring substituents is 1. The van der Waals surface area contributed by atoms with Gasteiger partial charge in [0.25, 0.3) is 11.6 Å². The number of nitrogens with one attached hydrogen (secondary N) is 2. The molecule has 8 heteroatoms. The van der Waals surface area contributed by atoms with E-state index < -0.39 is 10.8 Å². The Hall–Kier alpha value is -3.68. The standard InChI is InChI=1S/C20H19N3O5/c1-12(2)11-17(24)22-18-15-5-3-4-6-16(15)28-19(18)20(25)21-13-7-9-14(10-8-13)23(26)27/h3-10,12H,11H2,1-2H3,(H,21,25)(H,22,24). The Kier molecular flexibility index (Phi) is 5.39. The quantitative estimate of drug-likeness (QED) is 0.479. The molecule has 0 spiro atoms. The topological polar surface area (TPSA) is 114 Å². The Morgan fingerprint density at radius 1 is 1.07 bits per heavy atom. The Bertz CT molecular complexity index is 1040. The van der Waals surface area contributed by atoms with E-state index in [2.05, 4.69) is 10.6 Å². The molecule has 0 unspecified atom stereocenters. The monoisotopic (exact) mass is 381 g/mol. The second-order valence-electron chi connectivity index (χ2n) is 6.71. The summed E-state index contributed by atoms with van der Waals surface area (Å²) in [5, 5.41) is 16.8. The molecule has 1 aromatic heterocycles. The van der Waals surface area contributed by atoms with E-state index in [1.165, 1.54) is 24.3 Å². The molecule has 0 saturated carbocycles. The minimum atomic E-state index is -0.565. The van der Waals surface area contributed by atoms with Crippen molar-refractivity contribution in [3.63, 3.8) is 0 Å². The van der Waals surface area contributed by atoms with Gasteiger partial charge in [-0.1, -0.05) is 26.0 Å². The van der Waals surface area contributed by atoms with Crippen LogP contribution in [0.25, 0.3) is 11.0 Å². The predicted molar refractivity (Wildman–Crippen MR) is 105 cm³/mol. The van der Waals surface area contributed by atoms with Gasteiger partial charge in [-0.15, -0.1) is 0 Å². The molecule has 8 nitrogen and oxygen atoms in total. The first kappa shape index (κ1) is 19.1. The van der Waals surface area contributed by atoms with Crippen LogP contribution in [0.1, 0.15) is 30.8 Å². The molecule has 1 heterocycles. The number of benzene rings is 2. The highest BCUT2D eigenvalue weighted by Crippen LogP contribution is 2.32. The van der Waals surface area contributed by atoms with Crippen molar-refractivity contribution >= 4 is 39.8 Å². The summed E-state index contributed by atoms with van der Waals surface area (Å²) in [6.45, 7) is 3.85. The average Bonchev–Trinajstić information content (AvgIpc) is 3.00. The van der Waals surface area contributed by atoms with Crippen molar-refractivity contribution in [2.24, 2.45) is 5.92 Å².